The van der Waals surface area contributed by atoms with Crippen molar-refractivity contribution >= 4 is 5.91 Å². The number of phenolic OH excluding ortho intramolecular Hbond substituents is 1. The van der Waals surface area contributed by atoms with Gasteiger partial charge in [0.25, 0.3) is 5.91 Å². The summed E-state index contributed by atoms with van der Waals surface area (Å²) in [5, 5.41) is 9.89. The van der Waals surface area contributed by atoms with Gasteiger partial charge in [-0.05, 0) is 37.1 Å². The van der Waals surface area contributed by atoms with Crippen molar-refractivity contribution in [3.8, 4) is 5.75 Å². The zero-order chi connectivity index (χ0) is 18.1. The second-order valence-electron chi connectivity index (χ2n) is 7.56. The van der Waals surface area contributed by atoms with Gasteiger partial charge in [-0.15, -0.1) is 0 Å². The summed E-state index contributed by atoms with van der Waals surface area (Å²) in [6.45, 7) is 4.14. The van der Waals surface area contributed by atoms with E-state index in [2.05, 4.69) is 29.2 Å². The maximum atomic E-state index is 14.0. The fourth-order valence-electron chi connectivity index (χ4n) is 4.33. The van der Waals surface area contributed by atoms with Crippen molar-refractivity contribution in [2.45, 2.75) is 19.4 Å². The van der Waals surface area contributed by atoms with Crippen molar-refractivity contribution in [3.05, 3.63) is 65.5 Å². The number of carbonyl (C=O) groups is 1. The summed E-state index contributed by atoms with van der Waals surface area (Å²) in [4.78, 5) is 16.8. The van der Waals surface area contributed by atoms with Gasteiger partial charge >= 0.3 is 0 Å². The molecule has 1 N–H and O–H groups in total. The largest absolute Gasteiger partial charge is 0.507 e. The molecule has 2 aromatic carbocycles. The molecule has 4 rings (SSSR count). The number of benzene rings is 2. The van der Waals surface area contributed by atoms with Gasteiger partial charge in [0.2, 0.25) is 0 Å². The van der Waals surface area contributed by atoms with Crippen molar-refractivity contribution in [2.75, 3.05) is 26.2 Å². The highest BCUT2D eigenvalue weighted by Crippen LogP contribution is 2.40. The van der Waals surface area contributed by atoms with E-state index in [0.717, 1.165) is 32.5 Å². The van der Waals surface area contributed by atoms with E-state index in [1.54, 1.807) is 4.90 Å². The number of nitrogens with zero attached hydrogens (tertiary/aromatic N) is 2. The lowest BCUT2D eigenvalue weighted by Gasteiger charge is -2.25. The molecular weight excluding hydrogens is 331 g/mol. The van der Waals surface area contributed by atoms with Crippen LogP contribution in [-0.2, 0) is 6.54 Å². The number of hydrogen-bond donors (Lipinski definition) is 1. The lowest BCUT2D eigenvalue weighted by molar-refractivity contribution is 0.0765. The van der Waals surface area contributed by atoms with Crippen LogP contribution in [0.3, 0.4) is 0 Å². The smallest absolute Gasteiger partial charge is 0.260 e. The molecule has 1 spiro atoms. The number of hydrogen-bond acceptors (Lipinski definition) is 3. The molecule has 2 saturated heterocycles. The number of rotatable bonds is 3. The molecule has 0 aliphatic carbocycles. The maximum Gasteiger partial charge on any atom is 0.260 e. The topological polar surface area (TPSA) is 43.8 Å². The standard InChI is InChI=1S/C21H23FN2O2/c22-17-7-4-8-18(25)19(17)20(26)24-12-10-21(15-24)9-11-23(14-21)13-16-5-2-1-3-6-16/h1-8,25H,9-15H2. The zero-order valence-corrected chi connectivity index (χ0v) is 14.7. The molecule has 2 aromatic rings. The summed E-state index contributed by atoms with van der Waals surface area (Å²) < 4.78 is 14.0. The molecule has 5 heteroatoms. The van der Waals surface area contributed by atoms with Crippen LogP contribution in [0.1, 0.15) is 28.8 Å². The number of phenols is 1. The normalized spacial score (nSPS) is 23.0. The van der Waals surface area contributed by atoms with Crippen molar-refractivity contribution in [1.82, 2.24) is 9.80 Å². The Labute approximate surface area is 152 Å². The minimum atomic E-state index is -0.659. The number of halogens is 1. The first-order valence-corrected chi connectivity index (χ1v) is 9.09. The Morgan fingerprint density at radius 2 is 1.81 bits per heavy atom. The fourth-order valence-corrected chi connectivity index (χ4v) is 4.33. The minimum absolute atomic E-state index is 0.0886. The van der Waals surface area contributed by atoms with Crippen LogP contribution in [0.5, 0.6) is 5.75 Å². The lowest BCUT2D eigenvalue weighted by Crippen LogP contribution is -2.34. The summed E-state index contributed by atoms with van der Waals surface area (Å²) >= 11 is 0. The molecule has 2 aliphatic rings. The summed E-state index contributed by atoms with van der Waals surface area (Å²) in [6, 6.07) is 14.4. The van der Waals surface area contributed by atoms with Gasteiger partial charge in [0.15, 0.2) is 0 Å². The predicted octanol–water partition coefficient (Wildman–Crippen LogP) is 3.27. The molecular formula is C21H23FN2O2. The molecule has 0 saturated carbocycles. The third kappa shape index (κ3) is 3.19. The third-order valence-corrected chi connectivity index (χ3v) is 5.70. The molecule has 136 valence electrons. The molecule has 1 unspecified atom stereocenters. The maximum absolute atomic E-state index is 14.0. The molecule has 2 aliphatic heterocycles. The highest BCUT2D eigenvalue weighted by molar-refractivity contribution is 5.97. The van der Waals surface area contributed by atoms with Crippen molar-refractivity contribution in [1.29, 1.82) is 0 Å². The first-order valence-electron chi connectivity index (χ1n) is 9.09. The number of carbonyl (C=O) groups excluding carboxylic acids is 1. The molecule has 4 nitrogen and oxygen atoms in total. The lowest BCUT2D eigenvalue weighted by atomic mass is 9.86. The van der Waals surface area contributed by atoms with Crippen molar-refractivity contribution in [3.63, 3.8) is 0 Å². The van der Waals surface area contributed by atoms with E-state index in [1.807, 2.05) is 6.07 Å². The fraction of sp³-hybridized carbons (Fsp3) is 0.381. The summed E-state index contributed by atoms with van der Waals surface area (Å²) in [6.07, 6.45) is 1.98. The van der Waals surface area contributed by atoms with Crippen LogP contribution >= 0.6 is 0 Å². The van der Waals surface area contributed by atoms with Crippen LogP contribution in [0, 0.1) is 11.2 Å². The van der Waals surface area contributed by atoms with Gasteiger partial charge in [0.1, 0.15) is 17.1 Å². The SMILES string of the molecule is O=C(c1c(O)cccc1F)N1CCC2(CCN(Cc3ccccc3)C2)C1. The van der Waals surface area contributed by atoms with Gasteiger partial charge in [0.05, 0.1) is 0 Å². The van der Waals surface area contributed by atoms with E-state index in [1.165, 1.54) is 23.8 Å². The zero-order valence-electron chi connectivity index (χ0n) is 14.7. The highest BCUT2D eigenvalue weighted by atomic mass is 19.1. The Morgan fingerprint density at radius 1 is 1.04 bits per heavy atom. The number of likely N-dealkylation sites (tertiary alicyclic amines) is 2. The van der Waals surface area contributed by atoms with Gasteiger partial charge < -0.3 is 10.0 Å². The summed E-state index contributed by atoms with van der Waals surface area (Å²) in [7, 11) is 0. The van der Waals surface area contributed by atoms with Crippen molar-refractivity contribution < 1.29 is 14.3 Å². The van der Waals surface area contributed by atoms with E-state index >= 15 is 0 Å². The predicted molar refractivity (Wildman–Crippen MR) is 97.4 cm³/mol. The Balaban J connectivity index is 1.43. The Bertz CT molecular complexity index is 791. The number of amides is 1. The van der Waals surface area contributed by atoms with Crippen LogP contribution in [0.25, 0.3) is 0 Å². The van der Waals surface area contributed by atoms with Crippen LogP contribution in [0.4, 0.5) is 4.39 Å². The van der Waals surface area contributed by atoms with Crippen LogP contribution in [-0.4, -0.2) is 47.0 Å². The van der Waals surface area contributed by atoms with E-state index in [0.29, 0.717) is 13.1 Å². The Hall–Kier alpha value is -2.40. The van der Waals surface area contributed by atoms with E-state index in [-0.39, 0.29) is 16.7 Å². The molecule has 0 radical (unpaired) electrons. The Kier molecular flexibility index (Phi) is 4.41. The quantitative estimate of drug-likeness (QED) is 0.920. The molecule has 1 atom stereocenters. The van der Waals surface area contributed by atoms with Crippen LogP contribution < -0.4 is 0 Å². The Morgan fingerprint density at radius 3 is 2.58 bits per heavy atom. The van der Waals surface area contributed by atoms with Crippen molar-refractivity contribution in [2.24, 2.45) is 5.41 Å². The van der Waals surface area contributed by atoms with E-state index in [9.17, 15) is 14.3 Å². The highest BCUT2D eigenvalue weighted by Gasteiger charge is 2.45. The van der Waals surface area contributed by atoms with Crippen LogP contribution in [0.2, 0.25) is 0 Å². The first kappa shape index (κ1) is 17.0. The third-order valence-electron chi connectivity index (χ3n) is 5.70. The summed E-state index contributed by atoms with van der Waals surface area (Å²) in [5.41, 5.74) is 1.18. The first-order chi connectivity index (χ1) is 12.6. The second-order valence-corrected chi connectivity index (χ2v) is 7.56. The molecule has 0 aromatic heterocycles. The molecule has 1 amide bonds. The second kappa shape index (κ2) is 6.72. The van der Waals surface area contributed by atoms with E-state index < -0.39 is 11.7 Å². The average Bonchev–Trinajstić information content (AvgIpc) is 3.22. The van der Waals surface area contributed by atoms with Gasteiger partial charge in [0, 0.05) is 31.6 Å². The molecule has 26 heavy (non-hydrogen) atoms. The van der Waals surface area contributed by atoms with Gasteiger partial charge in [-0.25, -0.2) is 4.39 Å². The average molecular weight is 354 g/mol. The summed E-state index contributed by atoms with van der Waals surface area (Å²) in [5.74, 6) is -1.35. The monoisotopic (exact) mass is 354 g/mol. The molecule has 0 bridgehead atoms. The van der Waals surface area contributed by atoms with Gasteiger partial charge in [-0.1, -0.05) is 36.4 Å². The number of aromatic hydroxyl groups is 1. The molecule has 2 fully saturated rings. The van der Waals surface area contributed by atoms with Gasteiger partial charge in [-0.3, -0.25) is 9.69 Å². The van der Waals surface area contributed by atoms with Crippen LogP contribution in [0.15, 0.2) is 48.5 Å². The van der Waals surface area contributed by atoms with Gasteiger partial charge in [-0.2, -0.15) is 0 Å². The minimum Gasteiger partial charge on any atom is -0.507 e. The molecule has 2 heterocycles. The van der Waals surface area contributed by atoms with E-state index in [4.69, 9.17) is 0 Å².